The van der Waals surface area contributed by atoms with Gasteiger partial charge in [-0.2, -0.15) is 0 Å². The fraction of sp³-hybridized carbons (Fsp3) is 0.143. The zero-order valence-corrected chi connectivity index (χ0v) is 25.0. The lowest BCUT2D eigenvalue weighted by molar-refractivity contribution is 0.125. The maximum Gasteiger partial charge on any atom is 0.192 e. The van der Waals surface area contributed by atoms with Gasteiger partial charge in [-0.25, -0.2) is 14.5 Å². The topological polar surface area (TPSA) is 101 Å². The van der Waals surface area contributed by atoms with Crippen LogP contribution in [0.1, 0.15) is 24.1 Å². The Labute approximate surface area is 259 Å². The molecule has 7 rings (SSSR count). The minimum atomic E-state index is 0.0765. The molecule has 0 aliphatic rings. The van der Waals surface area contributed by atoms with Crippen LogP contribution in [0, 0.1) is 0 Å². The second kappa shape index (κ2) is 12.0. The highest BCUT2D eigenvalue weighted by Crippen LogP contribution is 2.42. The molecule has 4 heterocycles. The smallest absolute Gasteiger partial charge is 0.192 e. The number of methoxy groups -OCH3 is 2. The molecule has 0 fully saturated rings. The summed E-state index contributed by atoms with van der Waals surface area (Å²) >= 11 is 0. The quantitative estimate of drug-likeness (QED) is 0.123. The van der Waals surface area contributed by atoms with E-state index in [4.69, 9.17) is 28.7 Å². The molecular weight excluding hydrogens is 568 g/mol. The van der Waals surface area contributed by atoms with Gasteiger partial charge in [-0.05, 0) is 48.4 Å². The molecule has 0 saturated carbocycles. The Bertz CT molecular complexity index is 2120. The molecule has 0 radical (unpaired) electrons. The molecule has 7 aromatic rings. The summed E-state index contributed by atoms with van der Waals surface area (Å²) in [6.07, 6.45) is 3.38. The molecule has 0 atom stereocenters. The van der Waals surface area contributed by atoms with Gasteiger partial charge in [0.25, 0.3) is 0 Å². The van der Waals surface area contributed by atoms with Crippen molar-refractivity contribution in [3.05, 3.63) is 121 Å². The van der Waals surface area contributed by atoms with Crippen molar-refractivity contribution in [2.45, 2.75) is 20.1 Å². The predicted octanol–water partition coefficient (Wildman–Crippen LogP) is 7.01. The number of hydrogen-bond donors (Lipinski definition) is 0. The molecule has 45 heavy (non-hydrogen) atoms. The standard InChI is InChI=1S/C35H30N6O4/c1-23(26-16-17-28(42-2)29(19-26)43-3)39-45-21-30-37-35-32-31(24-11-6-4-7-12-24)33(25-13-8-5-9-14-25)40(20-27-15-10-18-44-27)34(32)36-22-41(35)38-30/h4-19,22H,20-21H2,1-3H3/b39-23+. The van der Waals surface area contributed by atoms with E-state index in [1.807, 2.05) is 73.7 Å². The lowest BCUT2D eigenvalue weighted by Gasteiger charge is -2.11. The Morgan fingerprint density at radius 2 is 1.60 bits per heavy atom. The van der Waals surface area contributed by atoms with E-state index in [2.05, 4.69) is 39.1 Å². The highest BCUT2D eigenvalue weighted by atomic mass is 16.6. The van der Waals surface area contributed by atoms with E-state index in [0.29, 0.717) is 35.2 Å². The van der Waals surface area contributed by atoms with E-state index in [-0.39, 0.29) is 6.61 Å². The number of rotatable bonds is 10. The van der Waals surface area contributed by atoms with Gasteiger partial charge in [0.05, 0.1) is 43.8 Å². The normalized spacial score (nSPS) is 11.8. The first-order chi connectivity index (χ1) is 22.1. The van der Waals surface area contributed by atoms with E-state index >= 15 is 0 Å². The molecule has 0 aliphatic carbocycles. The zero-order chi connectivity index (χ0) is 30.8. The van der Waals surface area contributed by atoms with Gasteiger partial charge < -0.3 is 23.3 Å². The van der Waals surface area contributed by atoms with Crippen molar-refractivity contribution < 1.29 is 18.7 Å². The molecule has 0 bridgehead atoms. The number of benzene rings is 3. The third kappa shape index (κ3) is 5.27. The van der Waals surface area contributed by atoms with Crippen molar-refractivity contribution in [1.82, 2.24) is 24.1 Å². The van der Waals surface area contributed by atoms with Crippen molar-refractivity contribution in [3.8, 4) is 33.9 Å². The van der Waals surface area contributed by atoms with Crippen LogP contribution in [-0.2, 0) is 18.0 Å². The number of hydrogen-bond acceptors (Lipinski definition) is 8. The number of nitrogens with zero attached hydrogens (tertiary/aromatic N) is 6. The Morgan fingerprint density at radius 3 is 2.31 bits per heavy atom. The summed E-state index contributed by atoms with van der Waals surface area (Å²) in [4.78, 5) is 15.6. The SMILES string of the molecule is COc1ccc(/C(C)=N/OCc2nc3c4c(-c5ccccc5)c(-c5ccccc5)n(Cc5ccco5)c4ncn3n2)cc1OC. The van der Waals surface area contributed by atoms with Crippen LogP contribution in [0.4, 0.5) is 0 Å². The second-order valence-electron chi connectivity index (χ2n) is 10.4. The summed E-state index contributed by atoms with van der Waals surface area (Å²) in [5, 5.41) is 9.89. The molecule has 0 amide bonds. The van der Waals surface area contributed by atoms with Crippen LogP contribution in [0.5, 0.6) is 11.5 Å². The molecule has 10 nitrogen and oxygen atoms in total. The van der Waals surface area contributed by atoms with Gasteiger partial charge in [0, 0.05) is 11.1 Å². The first-order valence-electron chi connectivity index (χ1n) is 14.4. The van der Waals surface area contributed by atoms with Crippen LogP contribution in [-0.4, -0.2) is 44.1 Å². The molecule has 0 unspecified atom stereocenters. The highest BCUT2D eigenvalue weighted by Gasteiger charge is 2.25. The molecule has 0 N–H and O–H groups in total. The van der Waals surface area contributed by atoms with Crippen LogP contribution in [0.3, 0.4) is 0 Å². The van der Waals surface area contributed by atoms with Crippen molar-refractivity contribution in [2.24, 2.45) is 5.16 Å². The summed E-state index contributed by atoms with van der Waals surface area (Å²) in [5.41, 5.74) is 7.12. The maximum atomic E-state index is 5.78. The van der Waals surface area contributed by atoms with Crippen LogP contribution >= 0.6 is 0 Å². The Morgan fingerprint density at radius 1 is 0.844 bits per heavy atom. The number of furan rings is 1. The van der Waals surface area contributed by atoms with E-state index < -0.39 is 0 Å². The second-order valence-corrected chi connectivity index (χ2v) is 10.4. The van der Waals surface area contributed by atoms with Crippen molar-refractivity contribution >= 4 is 22.4 Å². The molecule has 0 saturated heterocycles. The summed E-state index contributed by atoms with van der Waals surface area (Å²) in [5.74, 6) is 2.56. The molecule has 0 spiro atoms. The number of aromatic nitrogens is 5. The fourth-order valence-electron chi connectivity index (χ4n) is 5.54. The highest BCUT2D eigenvalue weighted by molar-refractivity contribution is 6.09. The van der Waals surface area contributed by atoms with E-state index in [0.717, 1.165) is 44.7 Å². The molecule has 10 heteroatoms. The van der Waals surface area contributed by atoms with Crippen LogP contribution in [0.25, 0.3) is 39.1 Å². The Balaban J connectivity index is 1.32. The Kier molecular flexibility index (Phi) is 7.44. The van der Waals surface area contributed by atoms with E-state index in [1.54, 1.807) is 31.3 Å². The van der Waals surface area contributed by atoms with E-state index in [1.165, 1.54) is 0 Å². The first kappa shape index (κ1) is 27.9. The van der Waals surface area contributed by atoms with Gasteiger partial charge in [-0.15, -0.1) is 5.10 Å². The lowest BCUT2D eigenvalue weighted by atomic mass is 9.99. The molecule has 4 aromatic heterocycles. The third-order valence-electron chi connectivity index (χ3n) is 7.62. The Hall–Kier alpha value is -5.90. The van der Waals surface area contributed by atoms with Gasteiger partial charge in [-0.1, -0.05) is 65.8 Å². The van der Waals surface area contributed by atoms with Crippen molar-refractivity contribution in [2.75, 3.05) is 14.2 Å². The number of ether oxygens (including phenoxy) is 2. The number of oxime groups is 1. The third-order valence-corrected chi connectivity index (χ3v) is 7.62. The van der Waals surface area contributed by atoms with Crippen LogP contribution < -0.4 is 9.47 Å². The van der Waals surface area contributed by atoms with Crippen LogP contribution in [0.15, 0.2) is 113 Å². The van der Waals surface area contributed by atoms with Crippen molar-refractivity contribution in [1.29, 1.82) is 0 Å². The lowest BCUT2D eigenvalue weighted by Crippen LogP contribution is -2.03. The van der Waals surface area contributed by atoms with Gasteiger partial charge in [0.2, 0.25) is 0 Å². The molecule has 3 aromatic carbocycles. The molecule has 224 valence electrons. The monoisotopic (exact) mass is 598 g/mol. The van der Waals surface area contributed by atoms with Crippen LogP contribution in [0.2, 0.25) is 0 Å². The van der Waals surface area contributed by atoms with Gasteiger partial charge in [-0.3, -0.25) is 0 Å². The maximum absolute atomic E-state index is 5.78. The minimum Gasteiger partial charge on any atom is -0.493 e. The van der Waals surface area contributed by atoms with E-state index in [9.17, 15) is 0 Å². The first-order valence-corrected chi connectivity index (χ1v) is 14.4. The molecular formula is C35H30N6O4. The zero-order valence-electron chi connectivity index (χ0n) is 25.0. The fourth-order valence-corrected chi connectivity index (χ4v) is 5.54. The molecule has 0 aliphatic heterocycles. The largest absolute Gasteiger partial charge is 0.493 e. The summed E-state index contributed by atoms with van der Waals surface area (Å²) < 4.78 is 20.4. The van der Waals surface area contributed by atoms with Crippen molar-refractivity contribution in [3.63, 3.8) is 0 Å². The average Bonchev–Trinajstić information content (AvgIpc) is 3.83. The summed E-state index contributed by atoms with van der Waals surface area (Å²) in [6, 6.07) is 30.1. The minimum absolute atomic E-state index is 0.0765. The predicted molar refractivity (Wildman–Crippen MR) is 172 cm³/mol. The average molecular weight is 599 g/mol. The van der Waals surface area contributed by atoms with Gasteiger partial charge in [0.15, 0.2) is 29.6 Å². The summed E-state index contributed by atoms with van der Waals surface area (Å²) in [7, 11) is 3.20. The van der Waals surface area contributed by atoms with Gasteiger partial charge in [0.1, 0.15) is 17.7 Å². The number of fused-ring (bicyclic) bond motifs is 3. The summed E-state index contributed by atoms with van der Waals surface area (Å²) in [6.45, 7) is 2.44. The van der Waals surface area contributed by atoms with Gasteiger partial charge >= 0.3 is 0 Å².